The van der Waals surface area contributed by atoms with Crippen molar-refractivity contribution in [1.29, 1.82) is 5.26 Å². The lowest BCUT2D eigenvalue weighted by Crippen LogP contribution is -2.02. The minimum atomic E-state index is 0.494. The number of fused-ring (bicyclic) bond motifs is 13. The van der Waals surface area contributed by atoms with Crippen molar-refractivity contribution in [2.75, 3.05) is 0 Å². The quantitative estimate of drug-likeness (QED) is 0.0806. The number of rotatable bonds is 18. The van der Waals surface area contributed by atoms with Gasteiger partial charge in [-0.3, -0.25) is 0 Å². The van der Waals surface area contributed by atoms with Crippen LogP contribution in [0.25, 0.3) is 300 Å². The highest BCUT2D eigenvalue weighted by molar-refractivity contribution is 6.19. The molecule has 0 atom stereocenters. The molecule has 0 spiro atoms. The van der Waals surface area contributed by atoms with E-state index in [-0.39, 0.29) is 0 Å². The maximum Gasteiger partial charge on any atom is 0.164 e. The number of benzene rings is 22. The summed E-state index contributed by atoms with van der Waals surface area (Å²) in [4.78, 5) is 33.0. The molecule has 28 aromatic rings. The Morgan fingerprint density at radius 3 is 0.743 bits per heavy atom. The Kier molecular flexibility index (Phi) is 20.7. The maximum absolute atomic E-state index is 10.3. The molecule has 6 heterocycles. The summed E-state index contributed by atoms with van der Waals surface area (Å²) in [5, 5.41) is 20.4. The Balaban J connectivity index is 0.494. The van der Waals surface area contributed by atoms with E-state index in [0.29, 0.717) is 51.7 Å². The first-order valence-electron chi connectivity index (χ1n) is 49.6. The highest BCUT2D eigenvalue weighted by atomic mass is 16.3. The monoisotopic (exact) mass is 1890 g/mol. The molecule has 0 saturated heterocycles. The molecule has 6 aromatic heterocycles. The lowest BCUT2D eigenvalue weighted by atomic mass is 9.94. The zero-order valence-corrected chi connectivity index (χ0v) is 79.5. The van der Waals surface area contributed by atoms with E-state index in [1.807, 2.05) is 66.7 Å². The van der Waals surface area contributed by atoms with Crippen molar-refractivity contribution < 1.29 is 17.7 Å². The summed E-state index contributed by atoms with van der Waals surface area (Å²) in [6.45, 7) is 0. The highest BCUT2D eigenvalue weighted by Gasteiger charge is 2.29. The zero-order valence-electron chi connectivity index (χ0n) is 79.5. The molecule has 0 saturated carbocycles. The van der Waals surface area contributed by atoms with Crippen molar-refractivity contribution >= 4 is 98.5 Å². The minimum Gasteiger partial charge on any atom is -0.455 e. The molecule has 688 valence electrons. The van der Waals surface area contributed by atoms with Crippen molar-refractivity contribution in [3.05, 3.63) is 497 Å². The maximum atomic E-state index is 10.3. The fourth-order valence-electron chi connectivity index (χ4n) is 21.8. The van der Waals surface area contributed by atoms with Crippen LogP contribution in [-0.2, 0) is 0 Å². The van der Waals surface area contributed by atoms with Crippen molar-refractivity contribution in [3.63, 3.8) is 0 Å². The normalized spacial score (nSPS) is 11.6. The number of para-hydroxylation sites is 8. The SMILES string of the molecule is N#Cc1ccccc1-c1cccc2c1oc1c(-c3ccccc3-c3nc(-c4ccc5ccccc5c4)nc(-c4ccccc4-c4cccc5c4oc4c(-c6cccc(-c7cccc(-c8ccc(-c9ccc(-c%10nc(-c%11ccccc%11-c%11cccc%12c%11oc%11c(-c%13ccccc%13)cccc%11%12)nc(-c%11ccccc%11-c%11cccc%12c%11oc%11c(-c%13ccc(-c%14ccccc%14)cc%13)cccc%11%12)n%10)cc9)cc8)c7)c6)cccc45)n3)cccc12. The van der Waals surface area contributed by atoms with Gasteiger partial charge in [-0.2, -0.15) is 5.26 Å². The van der Waals surface area contributed by atoms with Gasteiger partial charge in [0.2, 0.25) is 0 Å². The number of hydrogen-bond donors (Lipinski definition) is 0. The van der Waals surface area contributed by atoms with Gasteiger partial charge >= 0.3 is 0 Å². The van der Waals surface area contributed by atoms with E-state index in [9.17, 15) is 5.26 Å². The second-order valence-electron chi connectivity index (χ2n) is 37.5. The van der Waals surface area contributed by atoms with E-state index < -0.39 is 0 Å². The third kappa shape index (κ3) is 14.9. The van der Waals surface area contributed by atoms with Crippen LogP contribution in [0.4, 0.5) is 0 Å². The van der Waals surface area contributed by atoms with Gasteiger partial charge in [-0.1, -0.05) is 467 Å². The number of hydrogen-bond acceptors (Lipinski definition) is 11. The summed E-state index contributed by atoms with van der Waals surface area (Å²) < 4.78 is 28.7. The average molecular weight is 1890 g/mol. The van der Waals surface area contributed by atoms with Gasteiger partial charge in [-0.15, -0.1) is 0 Å². The summed E-state index contributed by atoms with van der Waals surface area (Å²) in [5.74, 6) is 3.05. The predicted octanol–water partition coefficient (Wildman–Crippen LogP) is 36.7. The summed E-state index contributed by atoms with van der Waals surface area (Å²) in [6, 6.07) is 174. The van der Waals surface area contributed by atoms with Crippen LogP contribution in [0.2, 0.25) is 0 Å². The van der Waals surface area contributed by atoms with Crippen LogP contribution in [0, 0.1) is 11.3 Å². The topological polar surface area (TPSA) is 154 Å². The van der Waals surface area contributed by atoms with E-state index in [1.54, 1.807) is 0 Å². The predicted molar refractivity (Wildman–Crippen MR) is 602 cm³/mol. The molecule has 22 aromatic carbocycles. The van der Waals surface area contributed by atoms with Gasteiger partial charge in [-0.25, -0.2) is 29.9 Å². The number of aromatic nitrogens is 6. The minimum absolute atomic E-state index is 0.494. The molecule has 0 radical (unpaired) electrons. The van der Waals surface area contributed by atoms with E-state index in [0.717, 1.165) is 249 Å². The Morgan fingerprint density at radius 1 is 0.135 bits per heavy atom. The molecule has 0 fully saturated rings. The zero-order chi connectivity index (χ0) is 97.8. The first kappa shape index (κ1) is 85.8. The Bertz CT molecular complexity index is 10300. The molecule has 0 aliphatic heterocycles. The number of furan rings is 4. The molecule has 11 heteroatoms. The molecule has 0 aliphatic carbocycles. The Hall–Kier alpha value is -20.2. The largest absolute Gasteiger partial charge is 0.455 e. The Labute approximate surface area is 850 Å². The second-order valence-corrected chi connectivity index (χ2v) is 37.5. The summed E-state index contributed by atoms with van der Waals surface area (Å²) in [6.07, 6.45) is 0. The molecule has 0 amide bonds. The van der Waals surface area contributed by atoms with Crippen LogP contribution in [0.3, 0.4) is 0 Å². The van der Waals surface area contributed by atoms with Crippen molar-refractivity contribution in [2.24, 2.45) is 0 Å². The molecule has 0 N–H and O–H groups in total. The third-order valence-corrected chi connectivity index (χ3v) is 29.0. The lowest BCUT2D eigenvalue weighted by Gasteiger charge is -2.14. The van der Waals surface area contributed by atoms with Crippen LogP contribution in [0.1, 0.15) is 5.56 Å². The Morgan fingerprint density at radius 2 is 0.358 bits per heavy atom. The summed E-state index contributed by atoms with van der Waals surface area (Å²) in [7, 11) is 0. The molecular weight excluding hydrogens is 1810 g/mol. The molecule has 0 bridgehead atoms. The van der Waals surface area contributed by atoms with Gasteiger partial charge < -0.3 is 17.7 Å². The summed E-state index contributed by atoms with van der Waals surface area (Å²) >= 11 is 0. The van der Waals surface area contributed by atoms with Gasteiger partial charge in [0, 0.05) is 127 Å². The molecule has 148 heavy (non-hydrogen) atoms. The summed E-state index contributed by atoms with van der Waals surface area (Å²) in [5.41, 5.74) is 35.5. The van der Waals surface area contributed by atoms with E-state index in [4.69, 9.17) is 47.6 Å². The van der Waals surface area contributed by atoms with Crippen molar-refractivity contribution in [1.82, 2.24) is 29.9 Å². The molecule has 0 unspecified atom stereocenters. The fraction of sp³-hybridized carbons (Fsp3) is 0. The molecule has 0 aliphatic rings. The van der Waals surface area contributed by atoms with Gasteiger partial charge in [0.25, 0.3) is 0 Å². The fourth-order valence-corrected chi connectivity index (χ4v) is 21.8. The van der Waals surface area contributed by atoms with Crippen molar-refractivity contribution in [2.45, 2.75) is 0 Å². The lowest BCUT2D eigenvalue weighted by molar-refractivity contribution is 0.670. The number of nitrogens with zero attached hydrogens (tertiary/aromatic N) is 7. The van der Waals surface area contributed by atoms with Crippen molar-refractivity contribution in [3.8, 4) is 208 Å². The first-order valence-corrected chi connectivity index (χ1v) is 49.6. The number of nitriles is 1. The molecular formula is C137H81N7O4. The van der Waals surface area contributed by atoms with Crippen LogP contribution in [-0.4, -0.2) is 29.9 Å². The second kappa shape index (κ2) is 35.8. The van der Waals surface area contributed by atoms with Crippen LogP contribution >= 0.6 is 0 Å². The third-order valence-electron chi connectivity index (χ3n) is 29.0. The van der Waals surface area contributed by atoms with E-state index in [2.05, 4.69) is 431 Å². The standard InChI is InChI=1S/C137H81N7O4/c138-82-98-35-9-10-40-99(98)107-52-24-60-118-119-64-28-56-111(131(119)148-127(107)118)106-44-14-18-48-123(106)137-142-133(97-78-73-84-31-7-8-34-92(84)81-97)141-136(144-137)122-47-17-13-43-105(122)110-55-27-63-117-114-59-23-51-102(126(114)147-130(110)117)96-39-20-38-95(80-96)94-37-19-36-93(79-94)88-67-65-86(66-68-88)87-71-76-91(77-72-87)132-139-134(120-45-15-11-41-103(120)108-53-25-61-115-112-57-21-49-100(124(112)145-128(108)115)89-32-5-2-6-33-89)143-135(140-132)121-46-16-12-42-104(121)109-54-26-62-116-113-58-22-50-101(125(113)146-129(109)116)90-74-69-85(70-75-90)83-29-3-1-4-30-83/h1-81H. The average Bonchev–Trinajstić information content (AvgIpc) is 1.56. The van der Waals surface area contributed by atoms with E-state index >= 15 is 0 Å². The van der Waals surface area contributed by atoms with Gasteiger partial charge in [0.15, 0.2) is 34.9 Å². The van der Waals surface area contributed by atoms with E-state index in [1.165, 1.54) is 5.56 Å². The van der Waals surface area contributed by atoms with Gasteiger partial charge in [0.05, 0.1) is 11.6 Å². The molecule has 11 nitrogen and oxygen atoms in total. The first-order chi connectivity index (χ1) is 73.3. The smallest absolute Gasteiger partial charge is 0.164 e. The highest BCUT2D eigenvalue weighted by Crippen LogP contribution is 2.51. The van der Waals surface area contributed by atoms with Gasteiger partial charge in [-0.05, 0) is 118 Å². The van der Waals surface area contributed by atoms with Crippen LogP contribution in [0.5, 0.6) is 0 Å². The van der Waals surface area contributed by atoms with Crippen LogP contribution < -0.4 is 0 Å². The van der Waals surface area contributed by atoms with Gasteiger partial charge in [0.1, 0.15) is 44.7 Å². The molecule has 28 rings (SSSR count). The van der Waals surface area contributed by atoms with Crippen LogP contribution in [0.15, 0.2) is 509 Å².